The molecule has 4 saturated carbocycles. The van der Waals surface area contributed by atoms with E-state index in [2.05, 4.69) is 27.3 Å². The molecular weight excluding hydrogens is 490 g/mol. The van der Waals surface area contributed by atoms with Crippen molar-refractivity contribution in [3.63, 3.8) is 0 Å². The van der Waals surface area contributed by atoms with Crippen LogP contribution in [0.5, 0.6) is 5.75 Å². The second-order valence-electron chi connectivity index (χ2n) is 11.0. The van der Waals surface area contributed by atoms with Gasteiger partial charge >= 0.3 is 6.61 Å². The van der Waals surface area contributed by atoms with Crippen LogP contribution in [-0.2, 0) is 5.54 Å². The molecule has 2 N–H and O–H groups in total. The SMILES string of the molecule is C[C@@H](NC(=O)c1cn(C23CC(C2)C3)c(=O)cc1N[C@@H]1[C@@H]2CN(C)C[C@@H]21)c1cccc(OC(F)F)c1Cl. The number of carbonyl (C=O) groups is 1. The molecule has 36 heavy (non-hydrogen) atoms. The van der Waals surface area contributed by atoms with Crippen LogP contribution in [0, 0.1) is 17.8 Å². The number of nitrogens with zero attached hydrogens (tertiary/aromatic N) is 2. The average molecular weight is 519 g/mol. The normalized spacial score (nSPS) is 30.7. The highest BCUT2D eigenvalue weighted by atomic mass is 35.5. The number of rotatable bonds is 8. The molecule has 5 aliphatic rings. The number of hydrogen-bond donors (Lipinski definition) is 2. The number of benzene rings is 1. The van der Waals surface area contributed by atoms with Crippen molar-refractivity contribution in [1.29, 1.82) is 0 Å². The number of piperidine rings is 1. The van der Waals surface area contributed by atoms with E-state index in [1.807, 2.05) is 0 Å². The number of amides is 1. The number of likely N-dealkylation sites (tertiary alicyclic amines) is 1. The first-order valence-corrected chi connectivity index (χ1v) is 12.8. The smallest absolute Gasteiger partial charge is 0.387 e. The van der Waals surface area contributed by atoms with Gasteiger partial charge < -0.3 is 24.8 Å². The van der Waals surface area contributed by atoms with Crippen molar-refractivity contribution >= 4 is 23.2 Å². The molecule has 0 spiro atoms. The number of ether oxygens (including phenoxy) is 1. The summed E-state index contributed by atoms with van der Waals surface area (Å²) in [5, 5.41) is 6.45. The molecule has 7 rings (SSSR count). The highest BCUT2D eigenvalue weighted by molar-refractivity contribution is 6.32. The van der Waals surface area contributed by atoms with Crippen LogP contribution >= 0.6 is 11.6 Å². The molecule has 1 aromatic heterocycles. The second kappa shape index (κ2) is 8.45. The van der Waals surface area contributed by atoms with E-state index in [1.165, 1.54) is 6.07 Å². The van der Waals surface area contributed by atoms with Gasteiger partial charge in [0.2, 0.25) is 0 Å². The fourth-order valence-electron chi connectivity index (χ4n) is 6.46. The van der Waals surface area contributed by atoms with Gasteiger partial charge in [-0.25, -0.2) is 0 Å². The van der Waals surface area contributed by atoms with E-state index in [-0.39, 0.29) is 33.8 Å². The maximum atomic E-state index is 13.6. The van der Waals surface area contributed by atoms with Crippen molar-refractivity contribution in [2.45, 2.75) is 50.4 Å². The van der Waals surface area contributed by atoms with Crippen molar-refractivity contribution in [3.05, 3.63) is 57.0 Å². The lowest BCUT2D eigenvalue weighted by molar-refractivity contribution is -0.0914. The Morgan fingerprint density at radius 2 is 1.92 bits per heavy atom. The molecule has 5 fully saturated rings. The van der Waals surface area contributed by atoms with Crippen molar-refractivity contribution < 1.29 is 18.3 Å². The molecule has 2 bridgehead atoms. The van der Waals surface area contributed by atoms with Gasteiger partial charge in [0.05, 0.1) is 22.3 Å². The summed E-state index contributed by atoms with van der Waals surface area (Å²) in [5.41, 5.74) is 1.15. The van der Waals surface area contributed by atoms with Crippen molar-refractivity contribution in [2.24, 2.45) is 17.8 Å². The van der Waals surface area contributed by atoms with Gasteiger partial charge in [-0.2, -0.15) is 8.78 Å². The summed E-state index contributed by atoms with van der Waals surface area (Å²) < 4.78 is 31.7. The summed E-state index contributed by atoms with van der Waals surface area (Å²) in [6, 6.07) is 5.80. The van der Waals surface area contributed by atoms with Gasteiger partial charge in [0.1, 0.15) is 5.75 Å². The number of aromatic nitrogens is 1. The molecule has 0 unspecified atom stereocenters. The third-order valence-corrected chi connectivity index (χ3v) is 8.94. The zero-order valence-corrected chi connectivity index (χ0v) is 20.9. The highest BCUT2D eigenvalue weighted by Crippen LogP contribution is 2.61. The lowest BCUT2D eigenvalue weighted by Gasteiger charge is -2.62. The van der Waals surface area contributed by atoms with Crippen molar-refractivity contribution in [2.75, 3.05) is 25.5 Å². The lowest BCUT2D eigenvalue weighted by atomic mass is 9.49. The molecule has 192 valence electrons. The van der Waals surface area contributed by atoms with E-state index in [0.717, 1.165) is 32.4 Å². The number of fused-ring (bicyclic) bond motifs is 1. The monoisotopic (exact) mass is 518 g/mol. The number of nitrogens with one attached hydrogen (secondary N) is 2. The quantitative estimate of drug-likeness (QED) is 0.551. The third-order valence-electron chi connectivity index (χ3n) is 8.54. The maximum Gasteiger partial charge on any atom is 0.387 e. The topological polar surface area (TPSA) is 75.6 Å². The Hall–Kier alpha value is -2.65. The van der Waals surface area contributed by atoms with Crippen LogP contribution in [0.2, 0.25) is 5.02 Å². The van der Waals surface area contributed by atoms with Crippen LogP contribution in [-0.4, -0.2) is 48.2 Å². The Morgan fingerprint density at radius 3 is 2.53 bits per heavy atom. The molecule has 1 aromatic carbocycles. The summed E-state index contributed by atoms with van der Waals surface area (Å²) in [5.74, 6) is 1.21. The average Bonchev–Trinajstić information content (AvgIpc) is 3.18. The zero-order chi connectivity index (χ0) is 25.4. The fourth-order valence-corrected chi connectivity index (χ4v) is 6.80. The van der Waals surface area contributed by atoms with E-state index >= 15 is 0 Å². The van der Waals surface area contributed by atoms with Crippen LogP contribution in [0.3, 0.4) is 0 Å². The molecule has 4 aliphatic carbocycles. The molecule has 2 aromatic rings. The van der Waals surface area contributed by atoms with Gasteiger partial charge in [0.25, 0.3) is 11.5 Å². The third kappa shape index (κ3) is 3.87. The van der Waals surface area contributed by atoms with Gasteiger partial charge in [0, 0.05) is 36.9 Å². The molecular formula is C26H29ClF2N4O3. The predicted octanol–water partition coefficient (Wildman–Crippen LogP) is 4.08. The summed E-state index contributed by atoms with van der Waals surface area (Å²) in [7, 11) is 2.10. The van der Waals surface area contributed by atoms with E-state index in [1.54, 1.807) is 35.9 Å². The first-order chi connectivity index (χ1) is 17.1. The minimum atomic E-state index is -3.00. The van der Waals surface area contributed by atoms with Gasteiger partial charge in [-0.05, 0) is 62.6 Å². The molecule has 1 aliphatic heterocycles. The number of pyridine rings is 1. The molecule has 10 heteroatoms. The molecule has 4 atom stereocenters. The van der Waals surface area contributed by atoms with Gasteiger partial charge in [-0.15, -0.1) is 0 Å². The van der Waals surface area contributed by atoms with Crippen LogP contribution in [0.25, 0.3) is 0 Å². The number of alkyl halides is 2. The molecule has 7 nitrogen and oxygen atoms in total. The van der Waals surface area contributed by atoms with Gasteiger partial charge in [0.15, 0.2) is 0 Å². The Bertz CT molecular complexity index is 1260. The van der Waals surface area contributed by atoms with Crippen molar-refractivity contribution in [3.8, 4) is 5.75 Å². The standard InChI is InChI=1S/C26H29ClF2N4O3/c1-13(15-4-3-5-20(22(15)27)36-25(28)29)30-24(35)18-12-33(26-7-14(8-26)9-26)21(34)6-19(18)31-23-16-10-32(2)11-17(16)23/h3-6,12-14,16-17,23,25,31H,7-11H2,1-2H3,(H,30,35)/t13-,14?,16-,17+,23-,26?/m1/s1. The highest BCUT2D eigenvalue weighted by Gasteiger charge is 2.58. The molecule has 1 saturated heterocycles. The van der Waals surface area contributed by atoms with E-state index in [4.69, 9.17) is 11.6 Å². The Morgan fingerprint density at radius 1 is 1.22 bits per heavy atom. The largest absolute Gasteiger partial charge is 0.433 e. The number of hydrogen-bond acceptors (Lipinski definition) is 5. The number of anilines is 1. The maximum absolute atomic E-state index is 13.6. The van der Waals surface area contributed by atoms with E-state index in [9.17, 15) is 18.4 Å². The molecule has 1 amide bonds. The minimum Gasteiger partial charge on any atom is -0.433 e. The van der Waals surface area contributed by atoms with Crippen LogP contribution in [0.1, 0.15) is 48.1 Å². The zero-order valence-electron chi connectivity index (χ0n) is 20.1. The summed E-state index contributed by atoms with van der Waals surface area (Å²) in [6.07, 6.45) is 4.62. The predicted molar refractivity (Wildman–Crippen MR) is 132 cm³/mol. The van der Waals surface area contributed by atoms with Crippen molar-refractivity contribution in [1.82, 2.24) is 14.8 Å². The van der Waals surface area contributed by atoms with Crippen LogP contribution in [0.15, 0.2) is 35.3 Å². The van der Waals surface area contributed by atoms with E-state index in [0.29, 0.717) is 34.6 Å². The second-order valence-corrected chi connectivity index (χ2v) is 11.3. The Balaban J connectivity index is 1.27. The van der Waals surface area contributed by atoms with Crippen LogP contribution in [0.4, 0.5) is 14.5 Å². The fraction of sp³-hybridized carbons (Fsp3) is 0.538. The van der Waals surface area contributed by atoms with Gasteiger partial charge in [-0.3, -0.25) is 9.59 Å². The molecule has 0 radical (unpaired) electrons. The summed E-state index contributed by atoms with van der Waals surface area (Å²) in [4.78, 5) is 28.9. The van der Waals surface area contributed by atoms with E-state index < -0.39 is 12.7 Å². The number of carbonyl (C=O) groups excluding carboxylic acids is 1. The number of halogens is 3. The van der Waals surface area contributed by atoms with Crippen LogP contribution < -0.4 is 20.9 Å². The van der Waals surface area contributed by atoms with Gasteiger partial charge in [-0.1, -0.05) is 23.7 Å². The first kappa shape index (κ1) is 23.7. The first-order valence-electron chi connectivity index (χ1n) is 12.4. The lowest BCUT2D eigenvalue weighted by Crippen LogP contribution is -2.62. The minimum absolute atomic E-state index is 0.0257. The summed E-state index contributed by atoms with van der Waals surface area (Å²) in [6.45, 7) is 0.725. The molecule has 2 heterocycles. The Kier molecular flexibility index (Phi) is 5.57. The Labute approximate surface area is 212 Å². The summed E-state index contributed by atoms with van der Waals surface area (Å²) >= 11 is 6.32.